The van der Waals surface area contributed by atoms with E-state index >= 15 is 0 Å². The van der Waals surface area contributed by atoms with Gasteiger partial charge in [-0.05, 0) is 38.0 Å². The molecule has 1 aromatic heterocycles. The van der Waals surface area contributed by atoms with Gasteiger partial charge >= 0.3 is 18.2 Å². The number of urea groups is 1. The van der Waals surface area contributed by atoms with Crippen molar-refractivity contribution in [3.05, 3.63) is 28.6 Å². The largest absolute Gasteiger partial charge is 0.451 e. The number of ether oxygens (including phenoxy) is 1. The van der Waals surface area contributed by atoms with Crippen LogP contribution in [0.4, 0.5) is 18.0 Å². The Morgan fingerprint density at radius 3 is 2.52 bits per heavy atom. The summed E-state index contributed by atoms with van der Waals surface area (Å²) >= 11 is 0. The molecule has 158 valence electrons. The minimum Gasteiger partial charge on any atom is -0.451 e. The molecule has 0 spiro atoms. The number of nitriles is 1. The Morgan fingerprint density at radius 1 is 1.31 bits per heavy atom. The highest BCUT2D eigenvalue weighted by Gasteiger charge is 2.28. The minimum absolute atomic E-state index is 0.365. The number of carbonyl (C=O) groups excluding carboxylic acids is 3. The molecule has 0 aliphatic carbocycles. The number of hydrogen-bond donors (Lipinski definition) is 2. The normalized spacial score (nSPS) is 11.6. The molecule has 29 heavy (non-hydrogen) atoms. The van der Waals surface area contributed by atoms with Crippen LogP contribution < -0.4 is 10.6 Å². The molecule has 0 aromatic carbocycles. The Morgan fingerprint density at radius 2 is 1.97 bits per heavy atom. The lowest BCUT2D eigenvalue weighted by Gasteiger charge is -2.09. The van der Waals surface area contributed by atoms with Crippen LogP contribution in [0.3, 0.4) is 0 Å². The first-order chi connectivity index (χ1) is 13.5. The maximum atomic E-state index is 12.0. The fourth-order valence-corrected chi connectivity index (χ4v) is 2.43. The highest BCUT2D eigenvalue weighted by atomic mass is 19.4. The van der Waals surface area contributed by atoms with Crippen molar-refractivity contribution in [2.24, 2.45) is 0 Å². The lowest BCUT2D eigenvalue weighted by molar-refractivity contribution is -0.144. The van der Waals surface area contributed by atoms with Gasteiger partial charge < -0.3 is 14.6 Å². The van der Waals surface area contributed by atoms with Gasteiger partial charge in [0.15, 0.2) is 6.61 Å². The Labute approximate surface area is 165 Å². The second kappa shape index (κ2) is 10.3. The number of aryl methyl sites for hydroxylation is 1. The summed E-state index contributed by atoms with van der Waals surface area (Å²) in [6.07, 6.45) is -2.41. The van der Waals surface area contributed by atoms with Gasteiger partial charge in [0.2, 0.25) is 0 Å². The van der Waals surface area contributed by atoms with Crippen molar-refractivity contribution in [3.63, 3.8) is 0 Å². The van der Waals surface area contributed by atoms with Crippen LogP contribution in [-0.4, -0.2) is 41.8 Å². The summed E-state index contributed by atoms with van der Waals surface area (Å²) in [7, 11) is 0. The summed E-state index contributed by atoms with van der Waals surface area (Å²) in [6, 6.07) is 2.09. The Bertz CT molecular complexity index is 851. The zero-order valence-corrected chi connectivity index (χ0v) is 16.1. The summed E-state index contributed by atoms with van der Waals surface area (Å²) in [6.45, 7) is 3.95. The molecule has 0 bridgehead atoms. The molecule has 1 heterocycles. The van der Waals surface area contributed by atoms with E-state index in [9.17, 15) is 32.8 Å². The fraction of sp³-hybridized carbons (Fsp3) is 0.444. The molecular weight excluding hydrogens is 393 g/mol. The molecule has 0 aliphatic heterocycles. The molecule has 1 rings (SSSR count). The number of nitrogens with one attached hydrogen (secondary N) is 2. The van der Waals surface area contributed by atoms with Crippen LogP contribution in [0.15, 0.2) is 11.6 Å². The van der Waals surface area contributed by atoms with Crippen molar-refractivity contribution in [2.75, 3.05) is 13.2 Å². The Hall–Kier alpha value is -3.29. The summed E-state index contributed by atoms with van der Waals surface area (Å²) in [5, 5.41) is 12.2. The molecule has 0 aliphatic rings. The number of esters is 1. The number of rotatable bonds is 7. The van der Waals surface area contributed by atoms with Crippen molar-refractivity contribution in [1.29, 1.82) is 5.26 Å². The highest BCUT2D eigenvalue weighted by molar-refractivity contribution is 6.00. The Kier molecular flexibility index (Phi) is 8.44. The van der Waals surface area contributed by atoms with Crippen LogP contribution in [0.1, 0.15) is 30.3 Å². The molecule has 3 amide bonds. The van der Waals surface area contributed by atoms with E-state index in [1.54, 1.807) is 17.5 Å². The standard InChI is InChI=1S/C18H21F3N4O4/c1-4-5-25-11(2)6-13(12(25)3)7-14(8-22)16(27)29-9-15(26)24-17(28)23-10-18(19,20)21/h6-7H,4-5,9-10H2,1-3H3,(H2,23,24,26,28)/b14-7+. The second-order valence-corrected chi connectivity index (χ2v) is 6.07. The average molecular weight is 414 g/mol. The summed E-state index contributed by atoms with van der Waals surface area (Å²) in [5.41, 5.74) is 2.07. The Balaban J connectivity index is 2.69. The van der Waals surface area contributed by atoms with Crippen LogP contribution >= 0.6 is 0 Å². The summed E-state index contributed by atoms with van der Waals surface area (Å²) < 4.78 is 42.6. The van der Waals surface area contributed by atoms with Gasteiger partial charge in [0.25, 0.3) is 5.91 Å². The number of nitrogens with zero attached hydrogens (tertiary/aromatic N) is 2. The first kappa shape index (κ1) is 23.7. The molecule has 0 atom stereocenters. The highest BCUT2D eigenvalue weighted by Crippen LogP contribution is 2.19. The summed E-state index contributed by atoms with van der Waals surface area (Å²) in [4.78, 5) is 34.6. The van der Waals surface area contributed by atoms with Crippen molar-refractivity contribution in [1.82, 2.24) is 15.2 Å². The lowest BCUT2D eigenvalue weighted by Crippen LogP contribution is -2.44. The number of alkyl halides is 3. The van der Waals surface area contributed by atoms with E-state index < -0.39 is 37.2 Å². The predicted molar refractivity (Wildman–Crippen MR) is 96.3 cm³/mol. The second-order valence-electron chi connectivity index (χ2n) is 6.07. The number of imide groups is 1. The van der Waals surface area contributed by atoms with Crippen molar-refractivity contribution >= 4 is 24.0 Å². The molecule has 0 fully saturated rings. The molecule has 0 radical (unpaired) electrons. The van der Waals surface area contributed by atoms with Gasteiger partial charge in [-0.2, -0.15) is 18.4 Å². The van der Waals surface area contributed by atoms with Gasteiger partial charge in [-0.3, -0.25) is 10.1 Å². The van der Waals surface area contributed by atoms with Crippen LogP contribution in [-0.2, 0) is 20.9 Å². The maximum Gasteiger partial charge on any atom is 0.405 e. The van der Waals surface area contributed by atoms with Crippen LogP contribution in [0.25, 0.3) is 6.08 Å². The zero-order valence-electron chi connectivity index (χ0n) is 16.1. The number of carbonyl (C=O) groups is 3. The first-order valence-corrected chi connectivity index (χ1v) is 8.58. The number of aromatic nitrogens is 1. The topological polar surface area (TPSA) is 113 Å². The van der Waals surface area contributed by atoms with E-state index in [2.05, 4.69) is 4.74 Å². The van der Waals surface area contributed by atoms with Gasteiger partial charge in [-0.25, -0.2) is 9.59 Å². The van der Waals surface area contributed by atoms with Crippen molar-refractivity contribution in [2.45, 2.75) is 39.9 Å². The van der Waals surface area contributed by atoms with Gasteiger partial charge in [0.05, 0.1) is 0 Å². The summed E-state index contributed by atoms with van der Waals surface area (Å²) in [5.74, 6) is -2.24. The third-order valence-corrected chi connectivity index (χ3v) is 3.74. The number of amides is 3. The van der Waals surface area contributed by atoms with Crippen molar-refractivity contribution < 1.29 is 32.3 Å². The third-order valence-electron chi connectivity index (χ3n) is 3.74. The van der Waals surface area contributed by atoms with Gasteiger partial charge in [0.1, 0.15) is 18.2 Å². The average Bonchev–Trinajstić information content (AvgIpc) is 2.89. The van der Waals surface area contributed by atoms with Crippen LogP contribution in [0, 0.1) is 25.2 Å². The number of halogens is 3. The van der Waals surface area contributed by atoms with Crippen molar-refractivity contribution in [3.8, 4) is 6.07 Å². The van der Waals surface area contributed by atoms with Crippen LogP contribution in [0.5, 0.6) is 0 Å². The molecular formula is C18H21F3N4O4. The zero-order chi connectivity index (χ0) is 22.2. The van der Waals surface area contributed by atoms with E-state index in [4.69, 9.17) is 0 Å². The number of hydrogen-bond acceptors (Lipinski definition) is 5. The van der Waals surface area contributed by atoms with Crippen LogP contribution in [0.2, 0.25) is 0 Å². The third kappa shape index (κ3) is 7.69. The predicted octanol–water partition coefficient (Wildman–Crippen LogP) is 2.35. The molecule has 0 saturated carbocycles. The van der Waals surface area contributed by atoms with E-state index in [0.29, 0.717) is 5.56 Å². The monoisotopic (exact) mass is 414 g/mol. The van der Waals surface area contributed by atoms with Gasteiger partial charge in [-0.15, -0.1) is 0 Å². The molecule has 1 aromatic rings. The van der Waals surface area contributed by atoms with Gasteiger partial charge in [0, 0.05) is 17.9 Å². The minimum atomic E-state index is -4.63. The molecule has 0 saturated heterocycles. The van der Waals surface area contributed by atoms with Gasteiger partial charge in [-0.1, -0.05) is 6.92 Å². The molecule has 0 unspecified atom stereocenters. The van der Waals surface area contributed by atoms with E-state index in [0.717, 1.165) is 24.4 Å². The quantitative estimate of drug-likeness (QED) is 0.404. The fourth-order valence-electron chi connectivity index (χ4n) is 2.43. The van der Waals surface area contributed by atoms with E-state index in [-0.39, 0.29) is 5.57 Å². The lowest BCUT2D eigenvalue weighted by atomic mass is 10.1. The first-order valence-electron chi connectivity index (χ1n) is 8.58. The molecule has 8 nitrogen and oxygen atoms in total. The van der Waals surface area contributed by atoms with E-state index in [1.807, 2.05) is 25.3 Å². The van der Waals surface area contributed by atoms with E-state index in [1.165, 1.54) is 11.4 Å². The molecule has 2 N–H and O–H groups in total. The maximum absolute atomic E-state index is 12.0. The molecule has 11 heteroatoms. The smallest absolute Gasteiger partial charge is 0.405 e. The SMILES string of the molecule is CCCn1c(C)cc(/C=C(\C#N)C(=O)OCC(=O)NC(=O)NCC(F)(F)F)c1C.